The zero-order valence-corrected chi connectivity index (χ0v) is 9.05. The van der Waals surface area contributed by atoms with Gasteiger partial charge in [-0.05, 0) is 11.1 Å². The minimum atomic E-state index is -1.21. The fraction of sp³-hybridized carbons (Fsp3) is 0.417. The minimum Gasteiger partial charge on any atom is -0.467 e. The van der Waals surface area contributed by atoms with Gasteiger partial charge in [0.2, 0.25) is 0 Å². The van der Waals surface area contributed by atoms with Crippen LogP contribution in [0.4, 0.5) is 0 Å². The molecule has 1 unspecified atom stereocenters. The van der Waals surface area contributed by atoms with E-state index < -0.39 is 12.1 Å². The van der Waals surface area contributed by atoms with Crippen molar-refractivity contribution in [1.29, 1.82) is 0 Å². The fourth-order valence-electron chi connectivity index (χ4n) is 1.79. The lowest BCUT2D eigenvalue weighted by atomic mass is 9.90. The molecule has 0 saturated carbocycles. The molecule has 0 bridgehead atoms. The lowest BCUT2D eigenvalue weighted by Gasteiger charge is -2.29. The molecule has 1 saturated heterocycles. The van der Waals surface area contributed by atoms with Gasteiger partial charge in [0, 0.05) is 5.92 Å². The van der Waals surface area contributed by atoms with Crippen LogP contribution in [0.2, 0.25) is 0 Å². The Kier molecular flexibility index (Phi) is 3.22. The molecule has 1 aliphatic heterocycles. The Morgan fingerprint density at radius 1 is 1.50 bits per heavy atom. The highest BCUT2D eigenvalue weighted by atomic mass is 16.5. The van der Waals surface area contributed by atoms with Crippen molar-refractivity contribution in [3.63, 3.8) is 0 Å². The van der Waals surface area contributed by atoms with E-state index in [2.05, 4.69) is 4.74 Å². The summed E-state index contributed by atoms with van der Waals surface area (Å²) in [7, 11) is 1.26. The van der Waals surface area contributed by atoms with Gasteiger partial charge < -0.3 is 14.6 Å². The Hall–Kier alpha value is -1.39. The van der Waals surface area contributed by atoms with E-state index in [0.717, 1.165) is 5.56 Å². The van der Waals surface area contributed by atoms with Crippen molar-refractivity contribution in [2.75, 3.05) is 20.3 Å². The molecule has 1 fully saturated rings. The largest absolute Gasteiger partial charge is 0.467 e. The van der Waals surface area contributed by atoms with E-state index >= 15 is 0 Å². The molecule has 0 spiro atoms. The van der Waals surface area contributed by atoms with Crippen molar-refractivity contribution < 1.29 is 19.4 Å². The number of methoxy groups -OCH3 is 1. The number of hydrogen-bond donors (Lipinski definition) is 1. The van der Waals surface area contributed by atoms with Gasteiger partial charge in [-0.2, -0.15) is 0 Å². The lowest BCUT2D eigenvalue weighted by Crippen LogP contribution is -2.27. The zero-order valence-electron chi connectivity index (χ0n) is 9.05. The topological polar surface area (TPSA) is 55.8 Å². The van der Waals surface area contributed by atoms with E-state index in [1.54, 1.807) is 12.1 Å². The van der Waals surface area contributed by atoms with Gasteiger partial charge in [-0.25, -0.2) is 4.79 Å². The molecule has 1 N–H and O–H groups in total. The molecule has 1 aliphatic rings. The first-order valence-corrected chi connectivity index (χ1v) is 5.16. The maximum atomic E-state index is 11.3. The molecule has 4 heteroatoms. The van der Waals surface area contributed by atoms with Gasteiger partial charge in [0.25, 0.3) is 0 Å². The van der Waals surface area contributed by atoms with E-state index in [4.69, 9.17) is 4.74 Å². The normalized spacial score (nSPS) is 17.6. The van der Waals surface area contributed by atoms with Crippen LogP contribution in [0.15, 0.2) is 24.3 Å². The molecule has 1 atom stereocenters. The molecule has 16 heavy (non-hydrogen) atoms. The second-order valence-electron chi connectivity index (χ2n) is 3.79. The molecular weight excluding hydrogens is 208 g/mol. The van der Waals surface area contributed by atoms with Crippen LogP contribution < -0.4 is 0 Å². The van der Waals surface area contributed by atoms with Gasteiger partial charge in [-0.3, -0.25) is 0 Å². The summed E-state index contributed by atoms with van der Waals surface area (Å²) in [6.07, 6.45) is -1.21. The van der Waals surface area contributed by atoms with Gasteiger partial charge in [-0.1, -0.05) is 24.3 Å². The number of ether oxygens (including phenoxy) is 2. The number of aliphatic hydroxyl groups excluding tert-OH is 1. The highest BCUT2D eigenvalue weighted by Gasteiger charge is 2.28. The monoisotopic (exact) mass is 222 g/mol. The summed E-state index contributed by atoms with van der Waals surface area (Å²) in [5.74, 6) is -0.358. The summed E-state index contributed by atoms with van der Waals surface area (Å²) in [6, 6.07) is 7.34. The van der Waals surface area contributed by atoms with Crippen LogP contribution in [-0.4, -0.2) is 31.4 Å². The molecular formula is C12H14O4. The molecule has 86 valence electrons. The van der Waals surface area contributed by atoms with Crippen molar-refractivity contribution in [1.82, 2.24) is 0 Å². The minimum absolute atomic E-state index is 0.274. The van der Waals surface area contributed by atoms with Crippen molar-refractivity contribution in [2.45, 2.75) is 12.0 Å². The lowest BCUT2D eigenvalue weighted by molar-refractivity contribution is -0.150. The Morgan fingerprint density at radius 2 is 2.19 bits per heavy atom. The van der Waals surface area contributed by atoms with Crippen molar-refractivity contribution >= 4 is 5.97 Å². The molecule has 0 amide bonds. The van der Waals surface area contributed by atoms with E-state index in [0.29, 0.717) is 18.8 Å². The predicted molar refractivity (Wildman–Crippen MR) is 57.0 cm³/mol. The predicted octanol–water partition coefficient (Wildman–Crippen LogP) is 1.01. The molecule has 1 heterocycles. The molecule has 4 nitrogen and oxygen atoms in total. The SMILES string of the molecule is COC(=O)C(O)c1ccccc1C1COC1. The van der Waals surface area contributed by atoms with Crippen molar-refractivity contribution in [3.05, 3.63) is 35.4 Å². The number of hydrogen-bond acceptors (Lipinski definition) is 4. The summed E-state index contributed by atoms with van der Waals surface area (Å²) in [5.41, 5.74) is 1.58. The van der Waals surface area contributed by atoms with Gasteiger partial charge in [0.15, 0.2) is 6.10 Å². The Balaban J connectivity index is 2.28. The van der Waals surface area contributed by atoms with Crippen molar-refractivity contribution in [3.8, 4) is 0 Å². The first kappa shape index (κ1) is 11.1. The summed E-state index contributed by atoms with van der Waals surface area (Å²) >= 11 is 0. The molecule has 1 aromatic carbocycles. The van der Waals surface area contributed by atoms with E-state index in [9.17, 15) is 9.90 Å². The maximum absolute atomic E-state index is 11.3. The number of esters is 1. The van der Waals surface area contributed by atoms with Crippen LogP contribution >= 0.6 is 0 Å². The quantitative estimate of drug-likeness (QED) is 0.775. The molecule has 0 aromatic heterocycles. The van der Waals surface area contributed by atoms with Gasteiger partial charge in [-0.15, -0.1) is 0 Å². The van der Waals surface area contributed by atoms with Crippen molar-refractivity contribution in [2.24, 2.45) is 0 Å². The van der Waals surface area contributed by atoms with Gasteiger partial charge >= 0.3 is 5.97 Å². The summed E-state index contributed by atoms with van der Waals surface area (Å²) < 4.78 is 9.65. The second-order valence-corrected chi connectivity index (χ2v) is 3.79. The van der Waals surface area contributed by atoms with E-state index in [1.807, 2.05) is 12.1 Å². The van der Waals surface area contributed by atoms with Crippen LogP contribution in [0, 0.1) is 0 Å². The van der Waals surface area contributed by atoms with Gasteiger partial charge in [0.05, 0.1) is 20.3 Å². The third kappa shape index (κ3) is 1.94. The first-order valence-electron chi connectivity index (χ1n) is 5.16. The zero-order chi connectivity index (χ0) is 11.5. The van der Waals surface area contributed by atoms with Crippen LogP contribution in [-0.2, 0) is 14.3 Å². The Bertz CT molecular complexity index is 384. The van der Waals surface area contributed by atoms with Crippen LogP contribution in [0.1, 0.15) is 23.1 Å². The number of aliphatic hydroxyl groups is 1. The van der Waals surface area contributed by atoms with E-state index in [-0.39, 0.29) is 5.92 Å². The highest BCUT2D eigenvalue weighted by Crippen LogP contribution is 2.30. The third-order valence-electron chi connectivity index (χ3n) is 2.79. The summed E-state index contributed by atoms with van der Waals surface area (Å²) in [4.78, 5) is 11.3. The van der Waals surface area contributed by atoms with E-state index in [1.165, 1.54) is 7.11 Å². The average Bonchev–Trinajstić information content (AvgIpc) is 2.25. The number of carbonyl (C=O) groups is 1. The smallest absolute Gasteiger partial charge is 0.339 e. The standard InChI is InChI=1S/C12H14O4/c1-15-12(14)11(13)10-5-3-2-4-9(10)8-6-16-7-8/h2-5,8,11,13H,6-7H2,1H3. The number of benzene rings is 1. The highest BCUT2D eigenvalue weighted by molar-refractivity contribution is 5.76. The Morgan fingerprint density at radius 3 is 2.75 bits per heavy atom. The van der Waals surface area contributed by atoms with Crippen LogP contribution in [0.25, 0.3) is 0 Å². The number of carbonyl (C=O) groups excluding carboxylic acids is 1. The average molecular weight is 222 g/mol. The second kappa shape index (κ2) is 4.63. The summed E-state index contributed by atoms with van der Waals surface area (Å²) in [5, 5.41) is 9.82. The molecule has 2 rings (SSSR count). The molecule has 0 radical (unpaired) electrons. The fourth-order valence-corrected chi connectivity index (χ4v) is 1.79. The molecule has 1 aromatic rings. The summed E-state index contributed by atoms with van der Waals surface area (Å²) in [6.45, 7) is 1.29. The van der Waals surface area contributed by atoms with Crippen LogP contribution in [0.3, 0.4) is 0 Å². The first-order chi connectivity index (χ1) is 7.74. The number of rotatable bonds is 3. The third-order valence-corrected chi connectivity index (χ3v) is 2.79. The maximum Gasteiger partial charge on any atom is 0.339 e. The Labute approximate surface area is 93.8 Å². The van der Waals surface area contributed by atoms with Crippen LogP contribution in [0.5, 0.6) is 0 Å². The van der Waals surface area contributed by atoms with Gasteiger partial charge in [0.1, 0.15) is 0 Å². The molecule has 0 aliphatic carbocycles.